The lowest BCUT2D eigenvalue weighted by Crippen LogP contribution is -2.39. The van der Waals surface area contributed by atoms with Gasteiger partial charge in [0, 0.05) is 25.8 Å². The fourth-order valence-electron chi connectivity index (χ4n) is 3.35. The number of nitrogens with zero attached hydrogens (tertiary/aromatic N) is 1. The molecule has 1 saturated heterocycles. The van der Waals surface area contributed by atoms with Crippen LogP contribution < -0.4 is 10.6 Å². The minimum Gasteiger partial charge on any atom is -0.469 e. The highest BCUT2D eigenvalue weighted by Gasteiger charge is 2.42. The van der Waals surface area contributed by atoms with Crippen LogP contribution in [-0.2, 0) is 14.3 Å². The van der Waals surface area contributed by atoms with E-state index in [2.05, 4.69) is 9.64 Å². The van der Waals surface area contributed by atoms with Crippen LogP contribution in [0.2, 0.25) is 0 Å². The summed E-state index contributed by atoms with van der Waals surface area (Å²) in [5.41, 5.74) is 7.04. The van der Waals surface area contributed by atoms with Crippen LogP contribution in [0.3, 0.4) is 0 Å². The van der Waals surface area contributed by atoms with Crippen molar-refractivity contribution in [2.75, 3.05) is 37.5 Å². The summed E-state index contributed by atoms with van der Waals surface area (Å²) in [5.74, 6) is -2.85. The van der Waals surface area contributed by atoms with Gasteiger partial charge in [-0.25, -0.2) is 0 Å². The van der Waals surface area contributed by atoms with Gasteiger partial charge in [0.2, 0.25) is 0 Å². The number of esters is 1. The van der Waals surface area contributed by atoms with E-state index in [4.69, 9.17) is 10.5 Å². The lowest BCUT2D eigenvalue weighted by molar-refractivity contribution is -0.164. The van der Waals surface area contributed by atoms with E-state index in [1.165, 1.54) is 12.1 Å². The zero-order valence-electron chi connectivity index (χ0n) is 15.0. The quantitative estimate of drug-likeness (QED) is 0.610. The van der Waals surface area contributed by atoms with Crippen molar-refractivity contribution in [3.05, 3.63) is 23.8 Å². The Bertz CT molecular complexity index is 616. The molecule has 1 atom stereocenters. The summed E-state index contributed by atoms with van der Waals surface area (Å²) in [6.07, 6.45) is -3.63. The van der Waals surface area contributed by atoms with Gasteiger partial charge in [-0.1, -0.05) is 6.07 Å². The zero-order valence-corrected chi connectivity index (χ0v) is 15.0. The molecule has 5 nitrogen and oxygen atoms in total. The minimum absolute atomic E-state index is 0.0350. The van der Waals surface area contributed by atoms with Gasteiger partial charge < -0.3 is 20.1 Å². The van der Waals surface area contributed by atoms with E-state index in [0.717, 1.165) is 20.0 Å². The Morgan fingerprint density at radius 2 is 2.04 bits per heavy atom. The number of hydrogen-bond donors (Lipinski definition) is 1. The first-order chi connectivity index (χ1) is 12.3. The average Bonchev–Trinajstić information content (AvgIpc) is 2.61. The van der Waals surface area contributed by atoms with E-state index < -0.39 is 24.5 Å². The molecule has 0 aromatic heterocycles. The first kappa shape index (κ1) is 20.4. The van der Waals surface area contributed by atoms with E-state index in [9.17, 15) is 18.0 Å². The maximum atomic E-state index is 13.4. The molecule has 146 valence electrons. The second-order valence-corrected chi connectivity index (χ2v) is 6.32. The highest BCUT2D eigenvalue weighted by atomic mass is 19.4. The smallest absolute Gasteiger partial charge is 0.396 e. The number of anilines is 2. The van der Waals surface area contributed by atoms with Crippen LogP contribution in [0.25, 0.3) is 0 Å². The molecular weight excluding hydrogens is 349 g/mol. The SMILES string of the molecule is CCN(c1ccc([C@H](CC(=O)OC)C(F)(F)F)cc1N)C1CCOCC1. The van der Waals surface area contributed by atoms with Gasteiger partial charge in [-0.2, -0.15) is 13.2 Å². The fourth-order valence-corrected chi connectivity index (χ4v) is 3.35. The highest BCUT2D eigenvalue weighted by molar-refractivity contribution is 5.72. The molecule has 0 radical (unpaired) electrons. The van der Waals surface area contributed by atoms with Gasteiger partial charge in [0.05, 0.1) is 30.8 Å². The molecule has 0 bridgehead atoms. The van der Waals surface area contributed by atoms with Crippen LogP contribution in [0.4, 0.5) is 24.5 Å². The van der Waals surface area contributed by atoms with E-state index >= 15 is 0 Å². The number of alkyl halides is 3. The van der Waals surface area contributed by atoms with Crippen LogP contribution in [0.15, 0.2) is 18.2 Å². The molecule has 0 aliphatic carbocycles. The molecule has 2 rings (SSSR count). The average molecular weight is 374 g/mol. The lowest BCUT2D eigenvalue weighted by atomic mass is 9.93. The summed E-state index contributed by atoms with van der Waals surface area (Å²) >= 11 is 0. The number of carbonyl (C=O) groups is 1. The van der Waals surface area contributed by atoms with Crippen LogP contribution >= 0.6 is 0 Å². The van der Waals surface area contributed by atoms with Gasteiger partial charge in [0.25, 0.3) is 0 Å². The Labute approximate surface area is 151 Å². The van der Waals surface area contributed by atoms with E-state index in [1.807, 2.05) is 6.92 Å². The van der Waals surface area contributed by atoms with Crippen molar-refractivity contribution in [2.45, 2.75) is 44.3 Å². The Kier molecular flexibility index (Phi) is 6.75. The lowest BCUT2D eigenvalue weighted by Gasteiger charge is -2.36. The number of halogens is 3. The van der Waals surface area contributed by atoms with Crippen molar-refractivity contribution < 1.29 is 27.4 Å². The Morgan fingerprint density at radius 1 is 1.38 bits per heavy atom. The van der Waals surface area contributed by atoms with Gasteiger partial charge in [0.15, 0.2) is 0 Å². The van der Waals surface area contributed by atoms with Crippen molar-refractivity contribution in [1.82, 2.24) is 0 Å². The Morgan fingerprint density at radius 3 is 2.54 bits per heavy atom. The van der Waals surface area contributed by atoms with Crippen molar-refractivity contribution in [3.63, 3.8) is 0 Å². The third kappa shape index (κ3) is 4.81. The molecule has 1 aromatic carbocycles. The van der Waals surface area contributed by atoms with Crippen molar-refractivity contribution in [3.8, 4) is 0 Å². The molecule has 1 aliphatic heterocycles. The number of nitrogen functional groups attached to an aromatic ring is 1. The van der Waals surface area contributed by atoms with Crippen molar-refractivity contribution >= 4 is 17.3 Å². The van der Waals surface area contributed by atoms with Gasteiger partial charge in [-0.05, 0) is 37.5 Å². The van der Waals surface area contributed by atoms with Crippen molar-refractivity contribution in [2.24, 2.45) is 0 Å². The van der Waals surface area contributed by atoms with Crippen LogP contribution in [0, 0.1) is 0 Å². The van der Waals surface area contributed by atoms with Gasteiger partial charge in [0.1, 0.15) is 0 Å². The molecule has 26 heavy (non-hydrogen) atoms. The van der Waals surface area contributed by atoms with Crippen LogP contribution in [-0.4, -0.2) is 45.1 Å². The molecule has 8 heteroatoms. The topological polar surface area (TPSA) is 64.8 Å². The third-order valence-electron chi connectivity index (χ3n) is 4.73. The molecule has 0 saturated carbocycles. The summed E-state index contributed by atoms with van der Waals surface area (Å²) in [5, 5.41) is 0. The molecule has 1 heterocycles. The maximum Gasteiger partial charge on any atom is 0.396 e. The summed E-state index contributed by atoms with van der Waals surface area (Å²) < 4.78 is 49.9. The number of rotatable bonds is 6. The second kappa shape index (κ2) is 8.62. The van der Waals surface area contributed by atoms with Gasteiger partial charge in [-0.3, -0.25) is 4.79 Å². The van der Waals surface area contributed by atoms with Gasteiger partial charge in [-0.15, -0.1) is 0 Å². The van der Waals surface area contributed by atoms with Crippen LogP contribution in [0.5, 0.6) is 0 Å². The molecular formula is C18H25F3N2O3. The number of carbonyl (C=O) groups excluding carboxylic acids is 1. The fraction of sp³-hybridized carbons (Fsp3) is 0.611. The predicted molar refractivity (Wildman–Crippen MR) is 93.1 cm³/mol. The largest absolute Gasteiger partial charge is 0.469 e. The molecule has 0 unspecified atom stereocenters. The Hall–Kier alpha value is -1.96. The standard InChI is InChI=1S/C18H25F3N2O3/c1-3-23(13-6-8-26-9-7-13)16-5-4-12(10-15(16)22)14(18(19,20)21)11-17(24)25-2/h4-5,10,13-14H,3,6-9,11,22H2,1-2H3/t14-/m0/s1. The maximum absolute atomic E-state index is 13.4. The first-order valence-electron chi connectivity index (χ1n) is 8.65. The highest BCUT2D eigenvalue weighted by Crippen LogP contribution is 2.40. The van der Waals surface area contributed by atoms with E-state index in [1.54, 1.807) is 6.07 Å². The summed E-state index contributed by atoms with van der Waals surface area (Å²) in [6.45, 7) is 4.00. The van der Waals surface area contributed by atoms with E-state index in [-0.39, 0.29) is 17.3 Å². The first-order valence-corrected chi connectivity index (χ1v) is 8.65. The number of nitrogens with two attached hydrogens (primary N) is 1. The number of benzene rings is 1. The molecule has 1 fully saturated rings. The van der Waals surface area contributed by atoms with Crippen molar-refractivity contribution in [1.29, 1.82) is 0 Å². The normalized spacial score (nSPS) is 17.0. The summed E-state index contributed by atoms with van der Waals surface area (Å²) in [6, 6.07) is 4.57. The monoisotopic (exact) mass is 374 g/mol. The zero-order chi connectivity index (χ0) is 19.3. The molecule has 1 aliphatic rings. The number of hydrogen-bond acceptors (Lipinski definition) is 5. The molecule has 0 spiro atoms. The Balaban J connectivity index is 2.29. The van der Waals surface area contributed by atoms with Crippen LogP contribution in [0.1, 0.15) is 37.7 Å². The molecule has 0 amide bonds. The minimum atomic E-state index is -4.56. The molecule has 2 N–H and O–H groups in total. The summed E-state index contributed by atoms with van der Waals surface area (Å²) in [4.78, 5) is 13.5. The number of ether oxygens (including phenoxy) is 2. The van der Waals surface area contributed by atoms with Gasteiger partial charge >= 0.3 is 12.1 Å². The number of methoxy groups -OCH3 is 1. The predicted octanol–water partition coefficient (Wildman–Crippen LogP) is 3.48. The molecule has 1 aromatic rings. The summed E-state index contributed by atoms with van der Waals surface area (Å²) in [7, 11) is 1.07. The second-order valence-electron chi connectivity index (χ2n) is 6.32. The van der Waals surface area contributed by atoms with E-state index in [0.29, 0.717) is 25.4 Å². The third-order valence-corrected chi connectivity index (χ3v) is 4.73.